The summed E-state index contributed by atoms with van der Waals surface area (Å²) in [5.74, 6) is 1.98. The maximum Gasteiger partial charge on any atom is 0.118 e. The quantitative estimate of drug-likeness (QED) is 0.845. The number of aliphatic hydroxyl groups excluding tert-OH is 1. The number of hydrogen-bond donors (Lipinski definition) is 1. The van der Waals surface area contributed by atoms with Crippen LogP contribution in [0.1, 0.15) is 29.9 Å². The topological polar surface area (TPSA) is 38.7 Å². The zero-order valence-corrected chi connectivity index (χ0v) is 12.6. The molecule has 112 valence electrons. The second-order valence-electron chi connectivity index (χ2n) is 4.96. The fourth-order valence-corrected chi connectivity index (χ4v) is 2.49. The molecule has 0 radical (unpaired) electrons. The summed E-state index contributed by atoms with van der Waals surface area (Å²) in [5, 5.41) is 9.13. The van der Waals surface area contributed by atoms with Crippen molar-refractivity contribution >= 4 is 0 Å². The minimum atomic E-state index is 0.211. The first-order chi connectivity index (χ1) is 10.3. The van der Waals surface area contributed by atoms with Crippen molar-refractivity contribution in [1.29, 1.82) is 0 Å². The average Bonchev–Trinajstić information content (AvgIpc) is 2.56. The number of aliphatic hydroxyl groups is 1. The second-order valence-corrected chi connectivity index (χ2v) is 4.96. The number of hydrogen-bond acceptors (Lipinski definition) is 3. The lowest BCUT2D eigenvalue weighted by atomic mass is 9.87. The second kappa shape index (κ2) is 7.70. The molecule has 2 rings (SSSR count). The molecule has 3 heteroatoms. The van der Waals surface area contributed by atoms with Gasteiger partial charge in [-0.1, -0.05) is 24.3 Å². The highest BCUT2D eigenvalue weighted by Gasteiger charge is 2.14. The van der Waals surface area contributed by atoms with Gasteiger partial charge in [0.25, 0.3) is 0 Å². The maximum absolute atomic E-state index is 9.13. The monoisotopic (exact) mass is 286 g/mol. The number of ether oxygens (including phenoxy) is 2. The predicted octanol–water partition coefficient (Wildman–Crippen LogP) is 3.61. The molecule has 0 aromatic heterocycles. The minimum absolute atomic E-state index is 0.211. The fraction of sp³-hybridized carbons (Fsp3) is 0.333. The Morgan fingerprint density at radius 1 is 0.810 bits per heavy atom. The summed E-state index contributed by atoms with van der Waals surface area (Å²) in [6, 6.07) is 16.3. The van der Waals surface area contributed by atoms with Gasteiger partial charge in [-0.3, -0.25) is 0 Å². The molecule has 0 saturated carbocycles. The normalized spacial score (nSPS) is 10.7. The van der Waals surface area contributed by atoms with Gasteiger partial charge in [0, 0.05) is 12.5 Å². The van der Waals surface area contributed by atoms with Crippen molar-refractivity contribution in [2.75, 3.05) is 20.8 Å². The van der Waals surface area contributed by atoms with Crippen molar-refractivity contribution in [3.63, 3.8) is 0 Å². The van der Waals surface area contributed by atoms with Crippen LogP contribution in [0.5, 0.6) is 11.5 Å². The average molecular weight is 286 g/mol. The first-order valence-electron chi connectivity index (χ1n) is 7.17. The van der Waals surface area contributed by atoms with Crippen LogP contribution in [-0.4, -0.2) is 25.9 Å². The smallest absolute Gasteiger partial charge is 0.118 e. The van der Waals surface area contributed by atoms with Gasteiger partial charge in [0.1, 0.15) is 11.5 Å². The molecule has 0 saturated heterocycles. The van der Waals surface area contributed by atoms with E-state index in [4.69, 9.17) is 14.6 Å². The number of benzene rings is 2. The lowest BCUT2D eigenvalue weighted by Gasteiger charge is -2.18. The fourth-order valence-electron chi connectivity index (χ4n) is 2.49. The van der Waals surface area contributed by atoms with Crippen molar-refractivity contribution in [3.05, 3.63) is 59.7 Å². The number of rotatable bonds is 7. The molecule has 1 N–H and O–H groups in total. The van der Waals surface area contributed by atoms with Gasteiger partial charge in [-0.15, -0.1) is 0 Å². The van der Waals surface area contributed by atoms with Crippen molar-refractivity contribution in [1.82, 2.24) is 0 Å². The molecule has 0 aliphatic carbocycles. The Morgan fingerprint density at radius 2 is 1.24 bits per heavy atom. The Kier molecular flexibility index (Phi) is 5.64. The summed E-state index contributed by atoms with van der Waals surface area (Å²) in [5.41, 5.74) is 2.46. The van der Waals surface area contributed by atoms with Gasteiger partial charge in [0.05, 0.1) is 14.2 Å². The first-order valence-corrected chi connectivity index (χ1v) is 7.17. The summed E-state index contributed by atoms with van der Waals surface area (Å²) in [6.07, 6.45) is 1.69. The van der Waals surface area contributed by atoms with Crippen molar-refractivity contribution in [2.24, 2.45) is 0 Å². The molecule has 0 spiro atoms. The van der Waals surface area contributed by atoms with E-state index in [0.29, 0.717) is 0 Å². The van der Waals surface area contributed by atoms with Crippen molar-refractivity contribution < 1.29 is 14.6 Å². The molecule has 2 aromatic carbocycles. The highest BCUT2D eigenvalue weighted by atomic mass is 16.5. The SMILES string of the molecule is COc1ccc(C(CCCO)c2ccc(OC)cc2)cc1. The third-order valence-corrected chi connectivity index (χ3v) is 3.69. The van der Waals surface area contributed by atoms with Gasteiger partial charge < -0.3 is 14.6 Å². The van der Waals surface area contributed by atoms with E-state index in [1.807, 2.05) is 24.3 Å². The molecule has 0 aliphatic rings. The Hall–Kier alpha value is -2.00. The van der Waals surface area contributed by atoms with Crippen LogP contribution in [0.2, 0.25) is 0 Å². The maximum atomic E-state index is 9.13. The van der Waals surface area contributed by atoms with Gasteiger partial charge in [0.15, 0.2) is 0 Å². The third kappa shape index (κ3) is 3.99. The molecule has 0 aliphatic heterocycles. The van der Waals surface area contributed by atoms with Gasteiger partial charge in [-0.25, -0.2) is 0 Å². The third-order valence-electron chi connectivity index (χ3n) is 3.69. The molecular weight excluding hydrogens is 264 g/mol. The van der Waals surface area contributed by atoms with E-state index in [9.17, 15) is 0 Å². The van der Waals surface area contributed by atoms with Crippen LogP contribution < -0.4 is 9.47 Å². The minimum Gasteiger partial charge on any atom is -0.497 e. The zero-order valence-electron chi connectivity index (χ0n) is 12.6. The molecule has 3 nitrogen and oxygen atoms in total. The van der Waals surface area contributed by atoms with Gasteiger partial charge >= 0.3 is 0 Å². The molecule has 0 heterocycles. The van der Waals surface area contributed by atoms with Crippen LogP contribution in [0, 0.1) is 0 Å². The van der Waals surface area contributed by atoms with Crippen LogP contribution in [0.25, 0.3) is 0 Å². The van der Waals surface area contributed by atoms with E-state index in [-0.39, 0.29) is 12.5 Å². The summed E-state index contributed by atoms with van der Waals surface area (Å²) in [7, 11) is 3.34. The molecule has 0 amide bonds. The lowest BCUT2D eigenvalue weighted by molar-refractivity contribution is 0.282. The van der Waals surface area contributed by atoms with Crippen LogP contribution in [0.15, 0.2) is 48.5 Å². The summed E-state index contributed by atoms with van der Waals surface area (Å²) < 4.78 is 10.4. The highest BCUT2D eigenvalue weighted by Crippen LogP contribution is 2.31. The molecule has 2 aromatic rings. The standard InChI is InChI=1S/C18H22O3/c1-20-16-9-5-14(6-10-16)18(4-3-13-19)15-7-11-17(21-2)12-8-15/h5-12,18-19H,3-4,13H2,1-2H3. The summed E-state index contributed by atoms with van der Waals surface area (Å²) in [6.45, 7) is 0.211. The van der Waals surface area contributed by atoms with Crippen LogP contribution in [0.3, 0.4) is 0 Å². The summed E-state index contributed by atoms with van der Waals surface area (Å²) in [4.78, 5) is 0. The van der Waals surface area contributed by atoms with Gasteiger partial charge in [-0.05, 0) is 48.2 Å². The predicted molar refractivity (Wildman–Crippen MR) is 84.2 cm³/mol. The van der Waals surface area contributed by atoms with E-state index in [2.05, 4.69) is 24.3 Å². The molecule has 21 heavy (non-hydrogen) atoms. The number of methoxy groups -OCH3 is 2. The van der Waals surface area contributed by atoms with Gasteiger partial charge in [-0.2, -0.15) is 0 Å². The highest BCUT2D eigenvalue weighted by molar-refractivity contribution is 5.38. The molecule has 0 unspecified atom stereocenters. The van der Waals surface area contributed by atoms with Crippen molar-refractivity contribution in [2.45, 2.75) is 18.8 Å². The first kappa shape index (κ1) is 15.4. The Morgan fingerprint density at radius 3 is 1.57 bits per heavy atom. The Bertz CT molecular complexity index is 484. The Balaban J connectivity index is 2.26. The van der Waals surface area contributed by atoms with E-state index in [0.717, 1.165) is 24.3 Å². The van der Waals surface area contributed by atoms with Crippen LogP contribution in [0.4, 0.5) is 0 Å². The lowest BCUT2D eigenvalue weighted by Crippen LogP contribution is -2.03. The van der Waals surface area contributed by atoms with E-state index in [1.165, 1.54) is 11.1 Å². The molecular formula is C18H22O3. The van der Waals surface area contributed by atoms with Gasteiger partial charge in [0.2, 0.25) is 0 Å². The van der Waals surface area contributed by atoms with E-state index in [1.54, 1.807) is 14.2 Å². The van der Waals surface area contributed by atoms with Crippen LogP contribution >= 0.6 is 0 Å². The molecule has 0 bridgehead atoms. The molecule has 0 fully saturated rings. The Labute approximate surface area is 126 Å². The van der Waals surface area contributed by atoms with Crippen molar-refractivity contribution in [3.8, 4) is 11.5 Å². The van der Waals surface area contributed by atoms with E-state index < -0.39 is 0 Å². The molecule has 0 atom stereocenters. The van der Waals surface area contributed by atoms with Crippen LogP contribution in [-0.2, 0) is 0 Å². The summed E-state index contributed by atoms with van der Waals surface area (Å²) >= 11 is 0. The van der Waals surface area contributed by atoms with E-state index >= 15 is 0 Å². The largest absolute Gasteiger partial charge is 0.497 e. The zero-order chi connectivity index (χ0) is 15.1.